The zero-order valence-corrected chi connectivity index (χ0v) is 10.9. The average Bonchev–Trinajstić information content (AvgIpc) is 2.97. The zero-order chi connectivity index (χ0) is 14.7. The summed E-state index contributed by atoms with van der Waals surface area (Å²) in [5.74, 6) is 1.01. The molecule has 0 radical (unpaired) electrons. The number of para-hydroxylation sites is 1. The van der Waals surface area contributed by atoms with Crippen molar-refractivity contribution in [2.75, 3.05) is 6.79 Å². The van der Waals surface area contributed by atoms with Gasteiger partial charge in [0.25, 0.3) is 5.91 Å². The molecule has 0 saturated carbocycles. The van der Waals surface area contributed by atoms with Gasteiger partial charge in [-0.1, -0.05) is 6.07 Å². The van der Waals surface area contributed by atoms with E-state index >= 15 is 0 Å². The van der Waals surface area contributed by atoms with Gasteiger partial charge in [-0.2, -0.15) is 5.10 Å². The van der Waals surface area contributed by atoms with E-state index in [1.54, 1.807) is 6.07 Å². The molecule has 2 N–H and O–H groups in total. The molecule has 1 aliphatic heterocycles. The van der Waals surface area contributed by atoms with Crippen LogP contribution in [0.25, 0.3) is 0 Å². The molecule has 6 nitrogen and oxygen atoms in total. The molecular weight excluding hydrogens is 272 g/mol. The van der Waals surface area contributed by atoms with Crippen LogP contribution in [0.2, 0.25) is 0 Å². The van der Waals surface area contributed by atoms with Crippen molar-refractivity contribution >= 4 is 12.1 Å². The number of hydrogen-bond donors (Lipinski definition) is 2. The first-order valence-electron chi connectivity index (χ1n) is 6.25. The van der Waals surface area contributed by atoms with Gasteiger partial charge in [0.15, 0.2) is 11.5 Å². The van der Waals surface area contributed by atoms with Gasteiger partial charge in [0, 0.05) is 11.1 Å². The summed E-state index contributed by atoms with van der Waals surface area (Å²) in [5.41, 5.74) is 3.53. The van der Waals surface area contributed by atoms with Crippen LogP contribution in [0.4, 0.5) is 0 Å². The van der Waals surface area contributed by atoms with Crippen molar-refractivity contribution in [3.05, 3.63) is 53.6 Å². The fourth-order valence-electron chi connectivity index (χ4n) is 1.89. The number of nitrogens with one attached hydrogen (secondary N) is 1. The Morgan fingerprint density at radius 1 is 1.19 bits per heavy atom. The zero-order valence-electron chi connectivity index (χ0n) is 10.9. The number of hydrogen-bond acceptors (Lipinski definition) is 5. The van der Waals surface area contributed by atoms with Crippen LogP contribution in [0, 0.1) is 0 Å². The minimum Gasteiger partial charge on any atom is -0.508 e. The van der Waals surface area contributed by atoms with Crippen LogP contribution in [0.1, 0.15) is 15.9 Å². The van der Waals surface area contributed by atoms with E-state index in [4.69, 9.17) is 14.6 Å². The molecule has 0 unspecified atom stereocenters. The number of amides is 1. The van der Waals surface area contributed by atoms with Crippen LogP contribution in [-0.2, 0) is 0 Å². The van der Waals surface area contributed by atoms with Crippen molar-refractivity contribution in [1.29, 1.82) is 0 Å². The van der Waals surface area contributed by atoms with E-state index < -0.39 is 0 Å². The van der Waals surface area contributed by atoms with Crippen LogP contribution in [0.5, 0.6) is 17.2 Å². The number of nitrogens with zero attached hydrogens (tertiary/aromatic N) is 1. The summed E-state index contributed by atoms with van der Waals surface area (Å²) < 4.78 is 10.6. The van der Waals surface area contributed by atoms with Crippen LogP contribution < -0.4 is 14.9 Å². The average molecular weight is 284 g/mol. The molecule has 0 spiro atoms. The Bertz CT molecular complexity index is 695. The summed E-state index contributed by atoms with van der Waals surface area (Å²) in [6.45, 7) is 0.181. The molecule has 0 atom stereocenters. The number of ether oxygens (including phenoxy) is 2. The quantitative estimate of drug-likeness (QED) is 0.666. The lowest BCUT2D eigenvalue weighted by Gasteiger charge is -2.01. The topological polar surface area (TPSA) is 80.2 Å². The number of carbonyl (C=O) groups excluding carboxylic acids is 1. The van der Waals surface area contributed by atoms with E-state index in [9.17, 15) is 4.79 Å². The summed E-state index contributed by atoms with van der Waals surface area (Å²) >= 11 is 0. The Hall–Kier alpha value is -3.02. The smallest absolute Gasteiger partial charge is 0.271 e. The van der Waals surface area contributed by atoms with E-state index in [-0.39, 0.29) is 18.4 Å². The second-order valence-electron chi connectivity index (χ2n) is 4.33. The molecule has 2 aromatic rings. The number of rotatable bonds is 3. The molecule has 0 saturated heterocycles. The van der Waals surface area contributed by atoms with E-state index in [1.165, 1.54) is 30.5 Å². The van der Waals surface area contributed by atoms with Crippen molar-refractivity contribution in [2.24, 2.45) is 5.10 Å². The van der Waals surface area contributed by atoms with Crippen LogP contribution in [0.3, 0.4) is 0 Å². The van der Waals surface area contributed by atoms with Crippen LogP contribution >= 0.6 is 0 Å². The van der Waals surface area contributed by atoms with Gasteiger partial charge in [0.1, 0.15) is 5.75 Å². The molecule has 0 bridgehead atoms. The fourth-order valence-corrected chi connectivity index (χ4v) is 1.89. The predicted octanol–water partition coefficient (Wildman–Crippen LogP) is 1.88. The summed E-state index contributed by atoms with van der Waals surface area (Å²) in [6, 6.07) is 11.3. The summed E-state index contributed by atoms with van der Waals surface area (Å²) in [7, 11) is 0. The van der Waals surface area contributed by atoms with Crippen molar-refractivity contribution in [1.82, 2.24) is 5.43 Å². The Morgan fingerprint density at radius 2 is 2.00 bits per heavy atom. The number of benzene rings is 2. The highest BCUT2D eigenvalue weighted by atomic mass is 16.7. The number of hydrazone groups is 1. The first-order chi connectivity index (χ1) is 10.2. The third-order valence-electron chi connectivity index (χ3n) is 2.93. The lowest BCUT2D eigenvalue weighted by atomic mass is 10.2. The van der Waals surface area contributed by atoms with Crippen LogP contribution in [-0.4, -0.2) is 24.0 Å². The normalized spacial score (nSPS) is 12.6. The number of fused-ring (bicyclic) bond motifs is 1. The van der Waals surface area contributed by atoms with Crippen molar-refractivity contribution in [3.8, 4) is 17.2 Å². The maximum absolute atomic E-state index is 11.8. The van der Waals surface area contributed by atoms with Crippen molar-refractivity contribution in [3.63, 3.8) is 0 Å². The van der Waals surface area contributed by atoms with E-state index in [0.29, 0.717) is 17.1 Å². The number of phenols is 1. The molecule has 0 aliphatic carbocycles. The third-order valence-corrected chi connectivity index (χ3v) is 2.93. The molecule has 6 heteroatoms. The summed E-state index contributed by atoms with van der Waals surface area (Å²) in [6.07, 6.45) is 1.49. The van der Waals surface area contributed by atoms with Gasteiger partial charge in [-0.3, -0.25) is 4.79 Å². The molecule has 106 valence electrons. The number of phenolic OH excluding ortho intramolecular Hbond substituents is 1. The Kier molecular flexibility index (Phi) is 3.42. The largest absolute Gasteiger partial charge is 0.508 e. The van der Waals surface area contributed by atoms with Gasteiger partial charge < -0.3 is 14.6 Å². The highest BCUT2D eigenvalue weighted by molar-refractivity contribution is 5.95. The van der Waals surface area contributed by atoms with Gasteiger partial charge >= 0.3 is 0 Å². The lowest BCUT2D eigenvalue weighted by Crippen LogP contribution is -2.17. The fraction of sp³-hybridized carbons (Fsp3) is 0.0667. The Morgan fingerprint density at radius 3 is 2.81 bits per heavy atom. The first-order valence-corrected chi connectivity index (χ1v) is 6.25. The minimum absolute atomic E-state index is 0.104. The van der Waals surface area contributed by atoms with E-state index in [1.807, 2.05) is 12.1 Å². The van der Waals surface area contributed by atoms with Crippen molar-refractivity contribution < 1.29 is 19.4 Å². The highest BCUT2D eigenvalue weighted by Gasteiger charge is 2.15. The SMILES string of the molecule is O=C(N/N=C/c1cccc2c1OCO2)c1ccc(O)cc1. The Balaban J connectivity index is 1.69. The molecule has 0 aromatic heterocycles. The maximum Gasteiger partial charge on any atom is 0.271 e. The second kappa shape index (κ2) is 5.54. The maximum atomic E-state index is 11.8. The van der Waals surface area contributed by atoms with E-state index in [2.05, 4.69) is 10.5 Å². The lowest BCUT2D eigenvalue weighted by molar-refractivity contribution is 0.0955. The van der Waals surface area contributed by atoms with Crippen LogP contribution in [0.15, 0.2) is 47.6 Å². The van der Waals surface area contributed by atoms with Crippen molar-refractivity contribution in [2.45, 2.75) is 0 Å². The highest BCUT2D eigenvalue weighted by Crippen LogP contribution is 2.34. The number of aromatic hydroxyl groups is 1. The molecule has 21 heavy (non-hydrogen) atoms. The summed E-state index contributed by atoms with van der Waals surface area (Å²) in [4.78, 5) is 11.8. The van der Waals surface area contributed by atoms with Gasteiger partial charge in [-0.15, -0.1) is 0 Å². The van der Waals surface area contributed by atoms with Gasteiger partial charge in [0.05, 0.1) is 6.21 Å². The minimum atomic E-state index is -0.365. The van der Waals surface area contributed by atoms with Gasteiger partial charge in [0.2, 0.25) is 6.79 Å². The standard InChI is InChI=1S/C15H12N2O4/c18-12-6-4-10(5-7-12)15(19)17-16-8-11-2-1-3-13-14(11)21-9-20-13/h1-8,18H,9H2,(H,17,19)/b16-8+. The molecular formula is C15H12N2O4. The second-order valence-corrected chi connectivity index (χ2v) is 4.33. The molecule has 0 fully saturated rings. The van der Waals surface area contributed by atoms with E-state index in [0.717, 1.165) is 5.56 Å². The Labute approximate surface area is 120 Å². The predicted molar refractivity (Wildman–Crippen MR) is 75.7 cm³/mol. The van der Waals surface area contributed by atoms with Gasteiger partial charge in [-0.05, 0) is 36.4 Å². The van der Waals surface area contributed by atoms with Gasteiger partial charge in [-0.25, -0.2) is 5.43 Å². The molecule has 3 rings (SSSR count). The number of carbonyl (C=O) groups is 1. The molecule has 1 heterocycles. The monoisotopic (exact) mass is 284 g/mol. The third kappa shape index (κ3) is 2.79. The first kappa shape index (κ1) is 13.0. The molecule has 2 aromatic carbocycles. The molecule has 1 amide bonds. The molecule has 1 aliphatic rings. The summed E-state index contributed by atoms with van der Waals surface area (Å²) in [5, 5.41) is 13.1.